The van der Waals surface area contributed by atoms with Gasteiger partial charge in [-0.25, -0.2) is 4.98 Å². The number of pyridine rings is 1. The highest BCUT2D eigenvalue weighted by Gasteiger charge is 2.32. The van der Waals surface area contributed by atoms with Crippen molar-refractivity contribution >= 4 is 34.8 Å². The van der Waals surface area contributed by atoms with E-state index < -0.39 is 17.4 Å². The molecule has 1 aromatic heterocycles. The lowest BCUT2D eigenvalue weighted by atomic mass is 9.91. The van der Waals surface area contributed by atoms with Gasteiger partial charge in [-0.2, -0.15) is 0 Å². The summed E-state index contributed by atoms with van der Waals surface area (Å²) in [6.45, 7) is 1.22. The highest BCUT2D eigenvalue weighted by molar-refractivity contribution is 7.89. The number of nitrogens with one attached hydrogen (secondary N) is 3. The normalized spacial score (nSPS) is 15.1. The number of amides is 2. The van der Waals surface area contributed by atoms with E-state index in [0.717, 1.165) is 42.4 Å². The number of piperidine rings is 1. The first-order valence-electron chi connectivity index (χ1n) is 14.2. The first-order valence-corrected chi connectivity index (χ1v) is 15.3. The number of nitrogens with two attached hydrogens (primary N) is 2. The van der Waals surface area contributed by atoms with Gasteiger partial charge in [0.2, 0.25) is 11.8 Å². The van der Waals surface area contributed by atoms with Gasteiger partial charge in [0, 0.05) is 56.4 Å². The standard InChI is InChI=1S/C31H39N7O3S/c1-35-29(39)10-3-5-21-13-15-38(16-14-21)31(40)27(18-22-6-2-8-24(17-22)30(33)34)37-42(41)26-9-4-7-23(19-26)25-11-12-28(32)36-20-25/h2,4,6-9,11-12,17,19-21,27,37H,3,5,10,13-16,18H2,1H3,(H2,32,36)(H3,33,34)(H,35,39)/t27-,42?/m0/s1. The zero-order chi connectivity index (χ0) is 30.1. The lowest BCUT2D eigenvalue weighted by Gasteiger charge is -2.34. The third-order valence-electron chi connectivity index (χ3n) is 7.61. The summed E-state index contributed by atoms with van der Waals surface area (Å²) in [6, 6.07) is 17.4. The van der Waals surface area contributed by atoms with Gasteiger partial charge in [-0.1, -0.05) is 30.3 Å². The van der Waals surface area contributed by atoms with Crippen LogP contribution in [0.15, 0.2) is 71.8 Å². The average Bonchev–Trinajstić information content (AvgIpc) is 3.01. The van der Waals surface area contributed by atoms with Crippen LogP contribution < -0.4 is 21.5 Å². The van der Waals surface area contributed by atoms with Crippen molar-refractivity contribution in [3.05, 3.63) is 78.0 Å². The molecular weight excluding hydrogens is 550 g/mol. The predicted octanol–water partition coefficient (Wildman–Crippen LogP) is 2.99. The first-order chi connectivity index (χ1) is 20.2. The number of carbonyl (C=O) groups excluding carboxylic acids is 2. The highest BCUT2D eigenvalue weighted by atomic mass is 32.2. The van der Waals surface area contributed by atoms with Crippen molar-refractivity contribution in [2.45, 2.75) is 49.5 Å². The summed E-state index contributed by atoms with van der Waals surface area (Å²) < 4.78 is 16.7. The maximum absolute atomic E-state index is 13.8. The second-order valence-electron chi connectivity index (χ2n) is 10.6. The number of rotatable bonds is 12. The van der Waals surface area contributed by atoms with Crippen LogP contribution in [0.1, 0.15) is 43.2 Å². The number of anilines is 1. The van der Waals surface area contributed by atoms with E-state index in [1.54, 1.807) is 43.6 Å². The van der Waals surface area contributed by atoms with E-state index in [0.29, 0.717) is 48.1 Å². The minimum Gasteiger partial charge on any atom is -0.593 e. The molecule has 1 unspecified atom stereocenters. The molecule has 1 fully saturated rings. The third-order valence-corrected chi connectivity index (χ3v) is 8.79. The van der Waals surface area contributed by atoms with Gasteiger partial charge in [0.1, 0.15) is 17.7 Å². The van der Waals surface area contributed by atoms with Gasteiger partial charge >= 0.3 is 0 Å². The molecule has 0 radical (unpaired) electrons. The number of likely N-dealkylation sites (tertiary alicyclic amines) is 1. The van der Waals surface area contributed by atoms with Crippen LogP contribution in [-0.4, -0.2) is 58.3 Å². The Hall–Kier alpha value is -3.93. The van der Waals surface area contributed by atoms with Crippen LogP contribution in [0, 0.1) is 11.3 Å². The molecule has 11 heteroatoms. The van der Waals surface area contributed by atoms with Gasteiger partial charge in [0.15, 0.2) is 4.90 Å². The summed E-state index contributed by atoms with van der Waals surface area (Å²) in [6.07, 6.45) is 6.00. The summed E-state index contributed by atoms with van der Waals surface area (Å²) in [4.78, 5) is 31.9. The lowest BCUT2D eigenvalue weighted by Crippen LogP contribution is -2.51. The van der Waals surface area contributed by atoms with E-state index in [-0.39, 0.29) is 17.6 Å². The van der Waals surface area contributed by atoms with E-state index in [1.165, 1.54) is 0 Å². The number of carbonyl (C=O) groups is 2. The Morgan fingerprint density at radius 3 is 2.57 bits per heavy atom. The first kappa shape index (κ1) is 31.0. The molecule has 2 amide bonds. The van der Waals surface area contributed by atoms with Gasteiger partial charge < -0.3 is 26.2 Å². The largest absolute Gasteiger partial charge is 0.593 e. The number of hydrogen-bond acceptors (Lipinski definition) is 7. The molecule has 0 bridgehead atoms. The smallest absolute Gasteiger partial charge is 0.244 e. The van der Waals surface area contributed by atoms with Crippen molar-refractivity contribution in [1.82, 2.24) is 19.9 Å². The van der Waals surface area contributed by atoms with E-state index in [2.05, 4.69) is 15.0 Å². The van der Waals surface area contributed by atoms with Crippen LogP contribution in [0.3, 0.4) is 0 Å². The van der Waals surface area contributed by atoms with Gasteiger partial charge in [-0.05, 0) is 67.0 Å². The molecule has 0 aliphatic carbocycles. The second kappa shape index (κ2) is 14.8. The molecule has 0 spiro atoms. The minimum absolute atomic E-state index is 0.0500. The Morgan fingerprint density at radius 2 is 1.88 bits per heavy atom. The molecule has 0 saturated carbocycles. The monoisotopic (exact) mass is 589 g/mol. The van der Waals surface area contributed by atoms with Crippen molar-refractivity contribution in [3.8, 4) is 11.1 Å². The molecule has 2 atom stereocenters. The molecule has 42 heavy (non-hydrogen) atoms. The van der Waals surface area contributed by atoms with Gasteiger partial charge in [0.25, 0.3) is 0 Å². The van der Waals surface area contributed by atoms with Crippen LogP contribution in [-0.2, 0) is 27.4 Å². The number of aromatic nitrogens is 1. The number of benzene rings is 2. The Bertz CT molecular complexity index is 1380. The summed E-state index contributed by atoms with van der Waals surface area (Å²) in [5.74, 6) is 0.775. The second-order valence-corrected chi connectivity index (χ2v) is 11.8. The summed E-state index contributed by atoms with van der Waals surface area (Å²) in [7, 11) is 1.65. The zero-order valence-electron chi connectivity index (χ0n) is 23.8. The minimum atomic E-state index is -1.68. The lowest BCUT2D eigenvalue weighted by molar-refractivity contribution is -0.134. The van der Waals surface area contributed by atoms with Crippen molar-refractivity contribution in [1.29, 1.82) is 5.41 Å². The zero-order valence-corrected chi connectivity index (χ0v) is 24.7. The van der Waals surface area contributed by atoms with Crippen LogP contribution in [0.5, 0.6) is 0 Å². The molecule has 1 saturated heterocycles. The van der Waals surface area contributed by atoms with E-state index in [9.17, 15) is 14.1 Å². The van der Waals surface area contributed by atoms with Crippen LogP contribution in [0.25, 0.3) is 11.1 Å². The molecule has 2 aromatic carbocycles. The van der Waals surface area contributed by atoms with Crippen LogP contribution in [0.4, 0.5) is 5.82 Å². The molecule has 3 aromatic rings. The topological polar surface area (TPSA) is 173 Å². The Labute approximate surface area is 250 Å². The van der Waals surface area contributed by atoms with Crippen molar-refractivity contribution in [3.63, 3.8) is 0 Å². The molecule has 222 valence electrons. The van der Waals surface area contributed by atoms with Crippen molar-refractivity contribution in [2.75, 3.05) is 25.9 Å². The number of nitrogen functional groups attached to an aromatic ring is 2. The van der Waals surface area contributed by atoms with E-state index in [4.69, 9.17) is 16.9 Å². The van der Waals surface area contributed by atoms with Crippen molar-refractivity contribution in [2.24, 2.45) is 11.7 Å². The van der Waals surface area contributed by atoms with E-state index in [1.807, 2.05) is 35.2 Å². The van der Waals surface area contributed by atoms with Crippen LogP contribution >= 0.6 is 0 Å². The highest BCUT2D eigenvalue weighted by Crippen LogP contribution is 2.25. The summed E-state index contributed by atoms with van der Waals surface area (Å²) in [5.41, 5.74) is 14.5. The third kappa shape index (κ3) is 8.54. The molecule has 1 aliphatic rings. The molecule has 4 rings (SSSR count). The van der Waals surface area contributed by atoms with Crippen LogP contribution in [0.2, 0.25) is 0 Å². The summed E-state index contributed by atoms with van der Waals surface area (Å²) >= 11 is -1.68. The maximum Gasteiger partial charge on any atom is 0.244 e. The fourth-order valence-electron chi connectivity index (χ4n) is 5.18. The molecule has 7 N–H and O–H groups in total. The average molecular weight is 590 g/mol. The van der Waals surface area contributed by atoms with E-state index >= 15 is 0 Å². The fourth-order valence-corrected chi connectivity index (χ4v) is 6.20. The number of hydrogen-bond donors (Lipinski definition) is 5. The Kier molecular flexibility index (Phi) is 10.9. The van der Waals surface area contributed by atoms with Gasteiger partial charge in [0.05, 0.1) is 11.4 Å². The molecule has 2 heterocycles. The Balaban J connectivity index is 1.48. The summed E-state index contributed by atoms with van der Waals surface area (Å²) in [5, 5.41) is 10.5. The quantitative estimate of drug-likeness (QED) is 0.123. The van der Waals surface area contributed by atoms with Crippen molar-refractivity contribution < 1.29 is 14.1 Å². The Morgan fingerprint density at radius 1 is 1.12 bits per heavy atom. The number of nitrogens with zero attached hydrogens (tertiary/aromatic N) is 2. The SMILES string of the molecule is CNC(=O)CCCC1CCN(C(=O)[C@H](Cc2cccc(C(=N)N)c2)N[S+]([O-])c2cccc(-c3ccc(N)nc3)c2)CC1. The molecule has 10 nitrogen and oxygen atoms in total. The predicted molar refractivity (Wildman–Crippen MR) is 166 cm³/mol. The fraction of sp³-hybridized carbons (Fsp3) is 0.355. The number of amidine groups is 1. The molecule has 1 aliphatic heterocycles. The van der Waals surface area contributed by atoms with Gasteiger partial charge in [-0.15, -0.1) is 4.72 Å². The molecular formula is C31H39N7O3S. The maximum atomic E-state index is 13.8. The van der Waals surface area contributed by atoms with Gasteiger partial charge in [-0.3, -0.25) is 15.0 Å².